The van der Waals surface area contributed by atoms with E-state index in [-0.39, 0.29) is 0 Å². The van der Waals surface area contributed by atoms with Crippen molar-refractivity contribution in [3.8, 4) is 0 Å². The molecule has 0 heterocycles. The third-order valence-corrected chi connectivity index (χ3v) is 1.93. The Morgan fingerprint density at radius 3 is 1.82 bits per heavy atom. The normalized spacial score (nSPS) is 15.3. The first-order chi connectivity index (χ1) is 5.29. The second-order valence-electron chi connectivity index (χ2n) is 2.68. The van der Waals surface area contributed by atoms with Gasteiger partial charge in [-0.3, -0.25) is 0 Å². The van der Waals surface area contributed by atoms with Crippen molar-refractivity contribution >= 4 is 11.4 Å². The molecule has 0 aliphatic heterocycles. The van der Waals surface area contributed by atoms with E-state index < -0.39 is 0 Å². The molecule has 1 aliphatic rings. The van der Waals surface area contributed by atoms with Crippen molar-refractivity contribution in [3.63, 3.8) is 0 Å². The first-order valence-corrected chi connectivity index (χ1v) is 3.53. The van der Waals surface area contributed by atoms with Crippen molar-refractivity contribution in [2.24, 2.45) is 0 Å². The summed E-state index contributed by atoms with van der Waals surface area (Å²) in [7, 11) is 0. The topological polar surface area (TPSA) is 47.7 Å². The van der Waals surface area contributed by atoms with E-state index in [1.54, 1.807) is 0 Å². The minimum atomic E-state index is 0.499. The molecule has 0 saturated heterocycles. The molecule has 1 aromatic rings. The van der Waals surface area contributed by atoms with Gasteiger partial charge in [-0.15, -0.1) is 0 Å². The van der Waals surface area contributed by atoms with E-state index in [0.29, 0.717) is 17.8 Å². The molecule has 54 valence electrons. The summed E-state index contributed by atoms with van der Waals surface area (Å²) in [6.07, 6.45) is 0.499. The first-order valence-electron chi connectivity index (χ1n) is 3.53. The van der Waals surface area contributed by atoms with E-state index in [0.717, 1.165) is 11.1 Å². The van der Waals surface area contributed by atoms with Crippen LogP contribution in [0, 0.1) is 10.8 Å². The van der Waals surface area contributed by atoms with Crippen molar-refractivity contribution < 1.29 is 0 Å². The van der Waals surface area contributed by atoms with Gasteiger partial charge < -0.3 is 10.8 Å². The highest BCUT2D eigenvalue weighted by Crippen LogP contribution is 2.20. The molecule has 1 aromatic carbocycles. The maximum Gasteiger partial charge on any atom is 0.0452 e. The van der Waals surface area contributed by atoms with E-state index in [9.17, 15) is 0 Å². The smallest absolute Gasteiger partial charge is 0.0452 e. The number of hydrogen-bond donors (Lipinski definition) is 2. The number of rotatable bonds is 0. The van der Waals surface area contributed by atoms with E-state index in [1.807, 2.05) is 24.3 Å². The zero-order valence-corrected chi connectivity index (χ0v) is 6.02. The summed E-state index contributed by atoms with van der Waals surface area (Å²) in [5.41, 5.74) is 3.01. The van der Waals surface area contributed by atoms with Gasteiger partial charge in [-0.25, -0.2) is 0 Å². The van der Waals surface area contributed by atoms with Crippen molar-refractivity contribution in [1.82, 2.24) is 0 Å². The van der Waals surface area contributed by atoms with Crippen LogP contribution in [0.25, 0.3) is 0 Å². The van der Waals surface area contributed by atoms with Crippen LogP contribution in [0.5, 0.6) is 0 Å². The molecule has 2 heteroatoms. The Morgan fingerprint density at radius 1 is 0.909 bits per heavy atom. The molecule has 0 aromatic heterocycles. The van der Waals surface area contributed by atoms with Crippen LogP contribution in [0.2, 0.25) is 0 Å². The summed E-state index contributed by atoms with van der Waals surface area (Å²) in [4.78, 5) is 0. The highest BCUT2D eigenvalue weighted by atomic mass is 14.5. The molecule has 2 N–H and O–H groups in total. The molecule has 2 rings (SSSR count). The first kappa shape index (κ1) is 6.28. The molecule has 0 spiro atoms. The summed E-state index contributed by atoms with van der Waals surface area (Å²) < 4.78 is 0. The lowest BCUT2D eigenvalue weighted by molar-refractivity contribution is 1.40. The van der Waals surface area contributed by atoms with Crippen LogP contribution in [0.15, 0.2) is 24.3 Å². The predicted octanol–water partition coefficient (Wildman–Crippen LogP) is 1.83. The molecule has 1 aliphatic carbocycles. The van der Waals surface area contributed by atoms with Gasteiger partial charge in [-0.1, -0.05) is 24.3 Å². The highest BCUT2D eigenvalue weighted by Gasteiger charge is 2.19. The average Bonchev–Trinajstić information content (AvgIpc) is 2.30. The molecule has 0 fully saturated rings. The molecule has 11 heavy (non-hydrogen) atoms. The van der Waals surface area contributed by atoms with Gasteiger partial charge in [0.1, 0.15) is 0 Å². The summed E-state index contributed by atoms with van der Waals surface area (Å²) in [6, 6.07) is 7.62. The van der Waals surface area contributed by atoms with Crippen LogP contribution in [0.4, 0.5) is 0 Å². The molecule has 0 amide bonds. The van der Waals surface area contributed by atoms with E-state index in [1.165, 1.54) is 0 Å². The quantitative estimate of drug-likeness (QED) is 0.558. The fourth-order valence-corrected chi connectivity index (χ4v) is 1.38. The Kier molecular flexibility index (Phi) is 1.15. The number of nitrogens with one attached hydrogen (secondary N) is 2. The molecule has 0 saturated carbocycles. The van der Waals surface area contributed by atoms with Crippen LogP contribution in [0.1, 0.15) is 17.5 Å². The van der Waals surface area contributed by atoms with Gasteiger partial charge in [0.25, 0.3) is 0 Å². The zero-order valence-electron chi connectivity index (χ0n) is 6.02. The van der Waals surface area contributed by atoms with Crippen LogP contribution in [0.3, 0.4) is 0 Å². The lowest BCUT2D eigenvalue weighted by Crippen LogP contribution is -1.91. The Balaban J connectivity index is 2.69. The predicted molar refractivity (Wildman–Crippen MR) is 44.7 cm³/mol. The van der Waals surface area contributed by atoms with Crippen LogP contribution >= 0.6 is 0 Å². The second-order valence-corrected chi connectivity index (χ2v) is 2.68. The van der Waals surface area contributed by atoms with Gasteiger partial charge in [0, 0.05) is 29.0 Å². The van der Waals surface area contributed by atoms with E-state index >= 15 is 0 Å². The maximum atomic E-state index is 7.52. The lowest BCUT2D eigenvalue weighted by Gasteiger charge is -1.94. The number of hydrogen-bond acceptors (Lipinski definition) is 2. The average molecular weight is 144 g/mol. The maximum absolute atomic E-state index is 7.52. The SMILES string of the molecule is N=C1CC(=N)c2ccccc21. The fraction of sp³-hybridized carbons (Fsp3) is 0.111. The van der Waals surface area contributed by atoms with Crippen LogP contribution in [-0.2, 0) is 0 Å². The van der Waals surface area contributed by atoms with Crippen molar-refractivity contribution in [3.05, 3.63) is 35.4 Å². The highest BCUT2D eigenvalue weighted by molar-refractivity contribution is 6.26. The van der Waals surface area contributed by atoms with E-state index in [4.69, 9.17) is 10.8 Å². The van der Waals surface area contributed by atoms with E-state index in [2.05, 4.69) is 0 Å². The van der Waals surface area contributed by atoms with Gasteiger partial charge in [-0.05, 0) is 0 Å². The number of benzene rings is 1. The van der Waals surface area contributed by atoms with Crippen molar-refractivity contribution in [2.45, 2.75) is 6.42 Å². The molecule has 0 atom stereocenters. The fourth-order valence-electron chi connectivity index (χ4n) is 1.38. The van der Waals surface area contributed by atoms with Gasteiger partial charge in [-0.2, -0.15) is 0 Å². The summed E-state index contributed by atoms with van der Waals surface area (Å²) in [6.45, 7) is 0. The summed E-state index contributed by atoms with van der Waals surface area (Å²) in [5.74, 6) is 0. The van der Waals surface area contributed by atoms with Gasteiger partial charge >= 0.3 is 0 Å². The molecule has 2 nitrogen and oxygen atoms in total. The van der Waals surface area contributed by atoms with Crippen molar-refractivity contribution in [1.29, 1.82) is 10.8 Å². The Morgan fingerprint density at radius 2 is 1.36 bits per heavy atom. The molecule has 0 unspecified atom stereocenters. The van der Waals surface area contributed by atoms with Crippen LogP contribution < -0.4 is 0 Å². The van der Waals surface area contributed by atoms with Crippen LogP contribution in [-0.4, -0.2) is 11.4 Å². The minimum Gasteiger partial charge on any atom is -0.304 e. The monoisotopic (exact) mass is 144 g/mol. The Bertz CT molecular complexity index is 306. The molecular weight excluding hydrogens is 136 g/mol. The second kappa shape index (κ2) is 2.02. The molecule has 0 radical (unpaired) electrons. The minimum absolute atomic E-state index is 0.499. The van der Waals surface area contributed by atoms with Gasteiger partial charge in [0.15, 0.2) is 0 Å². The Hall–Kier alpha value is -1.44. The number of fused-ring (bicyclic) bond motifs is 1. The zero-order chi connectivity index (χ0) is 7.84. The third kappa shape index (κ3) is 0.792. The third-order valence-electron chi connectivity index (χ3n) is 1.93. The van der Waals surface area contributed by atoms with Crippen molar-refractivity contribution in [2.75, 3.05) is 0 Å². The van der Waals surface area contributed by atoms with Gasteiger partial charge in [0.2, 0.25) is 0 Å². The lowest BCUT2D eigenvalue weighted by atomic mass is 10.1. The largest absolute Gasteiger partial charge is 0.304 e. The Labute approximate surface area is 64.9 Å². The standard InChI is InChI=1S/C9H8N2/c10-8-5-9(11)7-4-2-1-3-6(7)8/h1-4,10-11H,5H2. The summed E-state index contributed by atoms with van der Waals surface area (Å²) in [5, 5.41) is 15.0. The summed E-state index contributed by atoms with van der Waals surface area (Å²) >= 11 is 0. The van der Waals surface area contributed by atoms with Gasteiger partial charge in [0.05, 0.1) is 0 Å². The molecule has 0 bridgehead atoms. The molecular formula is C9H8N2.